The lowest BCUT2D eigenvalue weighted by Gasteiger charge is -2.13. The van der Waals surface area contributed by atoms with Crippen LogP contribution in [0.1, 0.15) is 50.0 Å². The first-order valence-electron chi connectivity index (χ1n) is 8.28. The van der Waals surface area contributed by atoms with Gasteiger partial charge >= 0.3 is 0 Å². The van der Waals surface area contributed by atoms with E-state index >= 15 is 0 Å². The zero-order valence-corrected chi connectivity index (χ0v) is 14.4. The number of nitrogens with zero attached hydrogens (tertiary/aromatic N) is 3. The average molecular weight is 323 g/mol. The van der Waals surface area contributed by atoms with Crippen LogP contribution in [0, 0.1) is 0 Å². The van der Waals surface area contributed by atoms with E-state index in [0.29, 0.717) is 12.0 Å². The molecule has 3 nitrogen and oxygen atoms in total. The van der Waals surface area contributed by atoms with Gasteiger partial charge < -0.3 is 4.57 Å². The van der Waals surface area contributed by atoms with Crippen LogP contribution in [0.2, 0.25) is 0 Å². The molecule has 1 aliphatic rings. The highest BCUT2D eigenvalue weighted by molar-refractivity contribution is 7.98. The van der Waals surface area contributed by atoms with Crippen molar-refractivity contribution in [3.8, 4) is 0 Å². The molecule has 0 atom stereocenters. The van der Waals surface area contributed by atoms with E-state index in [9.17, 15) is 0 Å². The molecule has 1 aromatic heterocycles. The van der Waals surface area contributed by atoms with Crippen molar-refractivity contribution in [2.24, 2.45) is 0 Å². The molecular weight excluding hydrogens is 302 g/mol. The molecule has 0 radical (unpaired) electrons. The van der Waals surface area contributed by atoms with Crippen LogP contribution in [0.3, 0.4) is 0 Å². The van der Waals surface area contributed by atoms with Crippen molar-refractivity contribution < 1.29 is 0 Å². The van der Waals surface area contributed by atoms with Crippen LogP contribution >= 0.6 is 11.8 Å². The van der Waals surface area contributed by atoms with Gasteiger partial charge in [0.2, 0.25) is 0 Å². The minimum atomic E-state index is 0.413. The second-order valence-electron chi connectivity index (χ2n) is 6.51. The molecule has 1 saturated carbocycles. The first-order chi connectivity index (χ1) is 11.2. The third-order valence-corrected chi connectivity index (χ3v) is 5.38. The Bertz CT molecular complexity index is 828. The summed E-state index contributed by atoms with van der Waals surface area (Å²) in [5.74, 6) is 2.74. The predicted molar refractivity (Wildman–Crippen MR) is 95.9 cm³/mol. The molecule has 118 valence electrons. The Hall–Kier alpha value is -1.81. The Balaban J connectivity index is 1.61. The number of rotatable bonds is 5. The molecule has 1 heterocycles. The Morgan fingerprint density at radius 3 is 2.65 bits per heavy atom. The van der Waals surface area contributed by atoms with Crippen LogP contribution in [0.5, 0.6) is 0 Å². The maximum Gasteiger partial charge on any atom is 0.191 e. The summed E-state index contributed by atoms with van der Waals surface area (Å²) in [5.41, 5.74) is 1.36. The quantitative estimate of drug-likeness (QED) is 0.606. The second kappa shape index (κ2) is 6.00. The molecule has 0 spiro atoms. The first-order valence-corrected chi connectivity index (χ1v) is 9.27. The van der Waals surface area contributed by atoms with Crippen LogP contribution in [0.25, 0.3) is 10.8 Å². The van der Waals surface area contributed by atoms with E-state index in [0.717, 1.165) is 10.9 Å². The normalized spacial score (nSPS) is 14.7. The second-order valence-corrected chi connectivity index (χ2v) is 7.45. The van der Waals surface area contributed by atoms with Gasteiger partial charge in [0.05, 0.1) is 0 Å². The van der Waals surface area contributed by atoms with E-state index in [2.05, 4.69) is 71.1 Å². The summed E-state index contributed by atoms with van der Waals surface area (Å²) in [7, 11) is 0. The number of hydrogen-bond donors (Lipinski definition) is 0. The highest BCUT2D eigenvalue weighted by atomic mass is 32.2. The molecule has 0 bridgehead atoms. The van der Waals surface area contributed by atoms with Crippen LogP contribution < -0.4 is 0 Å². The summed E-state index contributed by atoms with van der Waals surface area (Å²) in [6.07, 6.45) is 2.53. The standard InChI is InChI=1S/C19H21N3S/c1-13(2)22-18(15-10-11-15)20-21-19(22)23-12-16-8-5-7-14-6-3-4-9-17(14)16/h3-9,13,15H,10-12H2,1-2H3. The maximum atomic E-state index is 4.47. The van der Waals surface area contributed by atoms with Crippen molar-refractivity contribution in [3.63, 3.8) is 0 Å². The molecule has 4 rings (SSSR count). The lowest BCUT2D eigenvalue weighted by atomic mass is 10.1. The molecular formula is C19H21N3S. The van der Waals surface area contributed by atoms with E-state index in [1.807, 2.05) is 0 Å². The minimum absolute atomic E-state index is 0.413. The fourth-order valence-corrected chi connectivity index (χ4v) is 4.13. The minimum Gasteiger partial charge on any atom is -0.303 e. The Morgan fingerprint density at radius 1 is 1.09 bits per heavy atom. The van der Waals surface area contributed by atoms with Gasteiger partial charge in [-0.05, 0) is 43.0 Å². The van der Waals surface area contributed by atoms with E-state index in [1.165, 1.54) is 35.0 Å². The first kappa shape index (κ1) is 14.8. The number of thioether (sulfide) groups is 1. The average Bonchev–Trinajstić information content (AvgIpc) is 3.32. The van der Waals surface area contributed by atoms with Gasteiger partial charge in [0, 0.05) is 17.7 Å². The van der Waals surface area contributed by atoms with Gasteiger partial charge in [0.1, 0.15) is 5.82 Å². The molecule has 3 aromatic rings. The van der Waals surface area contributed by atoms with Gasteiger partial charge in [-0.2, -0.15) is 0 Å². The van der Waals surface area contributed by atoms with Gasteiger partial charge in [-0.15, -0.1) is 10.2 Å². The van der Waals surface area contributed by atoms with Crippen molar-refractivity contribution in [2.45, 2.75) is 49.6 Å². The predicted octanol–water partition coefficient (Wildman–Crippen LogP) is 5.18. The zero-order valence-electron chi connectivity index (χ0n) is 13.6. The van der Waals surface area contributed by atoms with Crippen LogP contribution in [-0.2, 0) is 5.75 Å². The molecule has 23 heavy (non-hydrogen) atoms. The summed E-state index contributed by atoms with van der Waals surface area (Å²) in [5, 5.41) is 12.6. The SMILES string of the molecule is CC(C)n1c(SCc2cccc3ccccc23)nnc1C1CC1. The molecule has 2 aromatic carbocycles. The Labute approximate surface area is 141 Å². The number of hydrogen-bond acceptors (Lipinski definition) is 3. The van der Waals surface area contributed by atoms with Crippen molar-refractivity contribution in [3.05, 3.63) is 53.9 Å². The molecule has 1 fully saturated rings. The molecule has 0 aliphatic heterocycles. The fraction of sp³-hybridized carbons (Fsp3) is 0.368. The summed E-state index contributed by atoms with van der Waals surface area (Å²) >= 11 is 1.80. The number of aromatic nitrogens is 3. The molecule has 1 aliphatic carbocycles. The Morgan fingerprint density at radius 2 is 1.87 bits per heavy atom. The van der Waals surface area contributed by atoms with Crippen LogP contribution in [0.4, 0.5) is 0 Å². The van der Waals surface area contributed by atoms with Crippen molar-refractivity contribution in [1.82, 2.24) is 14.8 Å². The zero-order chi connectivity index (χ0) is 15.8. The Kier molecular flexibility index (Phi) is 3.85. The van der Waals surface area contributed by atoms with Crippen molar-refractivity contribution in [1.29, 1.82) is 0 Å². The van der Waals surface area contributed by atoms with Gasteiger partial charge in [-0.1, -0.05) is 54.2 Å². The van der Waals surface area contributed by atoms with Gasteiger partial charge in [0.25, 0.3) is 0 Å². The largest absolute Gasteiger partial charge is 0.303 e. The summed E-state index contributed by atoms with van der Waals surface area (Å²) in [6.45, 7) is 4.44. The maximum absolute atomic E-state index is 4.47. The lowest BCUT2D eigenvalue weighted by Crippen LogP contribution is -2.07. The molecule has 4 heteroatoms. The van der Waals surface area contributed by atoms with E-state index in [-0.39, 0.29) is 0 Å². The van der Waals surface area contributed by atoms with E-state index < -0.39 is 0 Å². The third kappa shape index (κ3) is 2.88. The van der Waals surface area contributed by atoms with Gasteiger partial charge in [-0.3, -0.25) is 0 Å². The summed E-state index contributed by atoms with van der Waals surface area (Å²) in [4.78, 5) is 0. The van der Waals surface area contributed by atoms with Crippen molar-refractivity contribution in [2.75, 3.05) is 0 Å². The number of benzene rings is 2. The van der Waals surface area contributed by atoms with Gasteiger partial charge in [-0.25, -0.2) is 0 Å². The molecule has 0 saturated heterocycles. The topological polar surface area (TPSA) is 30.7 Å². The molecule has 0 unspecified atom stereocenters. The summed E-state index contributed by atoms with van der Waals surface area (Å²) in [6, 6.07) is 15.5. The lowest BCUT2D eigenvalue weighted by molar-refractivity contribution is 0.526. The van der Waals surface area contributed by atoms with Crippen molar-refractivity contribution >= 4 is 22.5 Å². The summed E-state index contributed by atoms with van der Waals surface area (Å²) < 4.78 is 2.33. The number of fused-ring (bicyclic) bond motifs is 1. The van der Waals surface area contributed by atoms with Crippen LogP contribution in [0.15, 0.2) is 47.6 Å². The third-order valence-electron chi connectivity index (χ3n) is 4.39. The monoisotopic (exact) mass is 323 g/mol. The smallest absolute Gasteiger partial charge is 0.191 e. The highest BCUT2D eigenvalue weighted by Gasteiger charge is 2.31. The molecule has 0 amide bonds. The van der Waals surface area contributed by atoms with Crippen LogP contribution in [-0.4, -0.2) is 14.8 Å². The fourth-order valence-electron chi connectivity index (χ4n) is 3.05. The highest BCUT2D eigenvalue weighted by Crippen LogP contribution is 2.41. The van der Waals surface area contributed by atoms with E-state index in [1.54, 1.807) is 11.8 Å². The molecule has 0 N–H and O–H groups in total. The van der Waals surface area contributed by atoms with Gasteiger partial charge in [0.15, 0.2) is 5.16 Å². The van der Waals surface area contributed by atoms with E-state index in [4.69, 9.17) is 0 Å².